The molecule has 0 radical (unpaired) electrons. The molecule has 2 atom stereocenters. The van der Waals surface area contributed by atoms with Crippen molar-refractivity contribution in [3.63, 3.8) is 0 Å². The van der Waals surface area contributed by atoms with Crippen molar-refractivity contribution in [3.05, 3.63) is 0 Å². The molecule has 2 unspecified atom stereocenters. The predicted molar refractivity (Wildman–Crippen MR) is 59.0 cm³/mol. The van der Waals surface area contributed by atoms with E-state index < -0.39 is 10.0 Å². The van der Waals surface area contributed by atoms with Gasteiger partial charge in [-0.1, -0.05) is 0 Å². The van der Waals surface area contributed by atoms with Crippen LogP contribution in [0.15, 0.2) is 0 Å². The van der Waals surface area contributed by atoms with Gasteiger partial charge in [-0.15, -0.1) is 11.6 Å². The molecule has 1 aliphatic rings. The summed E-state index contributed by atoms with van der Waals surface area (Å²) >= 11 is 5.94. The van der Waals surface area contributed by atoms with Crippen molar-refractivity contribution >= 4 is 21.6 Å². The quantitative estimate of drug-likeness (QED) is 0.760. The molecule has 1 N–H and O–H groups in total. The fraction of sp³-hybridized carbons (Fsp3) is 1.00. The third-order valence-electron chi connectivity index (χ3n) is 2.67. The SMILES string of the molecule is CC(C)S(=O)(=O)NCC1CCC(Cl)C1. The second-order valence-corrected chi connectivity index (χ2v) is 7.16. The summed E-state index contributed by atoms with van der Waals surface area (Å²) in [6.45, 7) is 3.91. The molecule has 0 aromatic heterocycles. The van der Waals surface area contributed by atoms with Gasteiger partial charge in [0.2, 0.25) is 10.0 Å². The molecule has 0 aromatic rings. The van der Waals surface area contributed by atoms with Gasteiger partial charge in [0.05, 0.1) is 5.25 Å². The Morgan fingerprint density at radius 1 is 1.43 bits per heavy atom. The summed E-state index contributed by atoms with van der Waals surface area (Å²) in [7, 11) is -3.10. The number of halogens is 1. The van der Waals surface area contributed by atoms with E-state index in [0.717, 1.165) is 19.3 Å². The van der Waals surface area contributed by atoms with Crippen molar-refractivity contribution in [2.45, 2.75) is 43.7 Å². The maximum Gasteiger partial charge on any atom is 0.213 e. The van der Waals surface area contributed by atoms with Crippen LogP contribution in [-0.4, -0.2) is 25.6 Å². The minimum absolute atomic E-state index is 0.239. The molecule has 0 saturated heterocycles. The van der Waals surface area contributed by atoms with Crippen LogP contribution in [0.25, 0.3) is 0 Å². The molecule has 0 heterocycles. The Hall–Kier alpha value is 0.200. The lowest BCUT2D eigenvalue weighted by atomic mass is 10.1. The van der Waals surface area contributed by atoms with Crippen LogP contribution in [0.1, 0.15) is 33.1 Å². The van der Waals surface area contributed by atoms with Crippen molar-refractivity contribution in [2.24, 2.45) is 5.92 Å². The monoisotopic (exact) mass is 239 g/mol. The second kappa shape index (κ2) is 4.81. The van der Waals surface area contributed by atoms with E-state index in [-0.39, 0.29) is 10.6 Å². The third-order valence-corrected chi connectivity index (χ3v) is 4.88. The highest BCUT2D eigenvalue weighted by Crippen LogP contribution is 2.28. The molecule has 1 aliphatic carbocycles. The van der Waals surface area contributed by atoms with Crippen molar-refractivity contribution in [2.75, 3.05) is 6.54 Å². The van der Waals surface area contributed by atoms with Gasteiger partial charge in [0, 0.05) is 11.9 Å². The van der Waals surface area contributed by atoms with Gasteiger partial charge >= 0.3 is 0 Å². The van der Waals surface area contributed by atoms with E-state index in [4.69, 9.17) is 11.6 Å². The highest BCUT2D eigenvalue weighted by Gasteiger charge is 2.24. The van der Waals surface area contributed by atoms with Crippen LogP contribution < -0.4 is 4.72 Å². The van der Waals surface area contributed by atoms with Gasteiger partial charge in [0.25, 0.3) is 0 Å². The van der Waals surface area contributed by atoms with Crippen LogP contribution in [0.3, 0.4) is 0 Å². The molecule has 1 rings (SSSR count). The number of alkyl halides is 1. The van der Waals surface area contributed by atoms with Gasteiger partial charge in [-0.25, -0.2) is 13.1 Å². The van der Waals surface area contributed by atoms with Crippen molar-refractivity contribution in [3.8, 4) is 0 Å². The third kappa shape index (κ3) is 3.41. The molecule has 84 valence electrons. The normalized spacial score (nSPS) is 28.6. The first-order valence-corrected chi connectivity index (χ1v) is 7.02. The lowest BCUT2D eigenvalue weighted by Crippen LogP contribution is -2.34. The zero-order valence-corrected chi connectivity index (χ0v) is 10.2. The van der Waals surface area contributed by atoms with Gasteiger partial charge < -0.3 is 0 Å². The fourth-order valence-electron chi connectivity index (χ4n) is 1.60. The lowest BCUT2D eigenvalue weighted by Gasteiger charge is -2.13. The Morgan fingerprint density at radius 3 is 2.50 bits per heavy atom. The minimum atomic E-state index is -3.10. The smallest absolute Gasteiger partial charge is 0.213 e. The van der Waals surface area contributed by atoms with E-state index >= 15 is 0 Å². The number of rotatable bonds is 4. The molecule has 1 saturated carbocycles. The Morgan fingerprint density at radius 2 is 2.07 bits per heavy atom. The maximum absolute atomic E-state index is 11.4. The number of sulfonamides is 1. The topological polar surface area (TPSA) is 46.2 Å². The van der Waals surface area contributed by atoms with Gasteiger partial charge in [0.1, 0.15) is 0 Å². The van der Waals surface area contributed by atoms with Crippen LogP contribution in [0.5, 0.6) is 0 Å². The first-order valence-electron chi connectivity index (χ1n) is 5.04. The predicted octanol–water partition coefficient (Wildman–Crippen LogP) is 1.72. The van der Waals surface area contributed by atoms with Gasteiger partial charge in [-0.3, -0.25) is 0 Å². The average Bonchev–Trinajstić information content (AvgIpc) is 2.48. The molecule has 0 amide bonds. The molecule has 0 aliphatic heterocycles. The molecule has 0 aromatic carbocycles. The summed E-state index contributed by atoms with van der Waals surface area (Å²) in [4.78, 5) is 0. The zero-order chi connectivity index (χ0) is 10.8. The summed E-state index contributed by atoms with van der Waals surface area (Å²) < 4.78 is 25.5. The van der Waals surface area contributed by atoms with Gasteiger partial charge in [-0.05, 0) is 39.0 Å². The Labute approximate surface area is 91.3 Å². The second-order valence-electron chi connectivity index (χ2n) is 4.22. The van der Waals surface area contributed by atoms with Crippen molar-refractivity contribution in [1.82, 2.24) is 4.72 Å². The Bertz CT molecular complexity index is 277. The van der Waals surface area contributed by atoms with Gasteiger partial charge in [0.15, 0.2) is 0 Å². The summed E-state index contributed by atoms with van der Waals surface area (Å²) in [5.41, 5.74) is 0. The van der Waals surface area contributed by atoms with E-state index in [9.17, 15) is 8.42 Å². The van der Waals surface area contributed by atoms with Crippen molar-refractivity contribution < 1.29 is 8.42 Å². The summed E-state index contributed by atoms with van der Waals surface area (Å²) in [6.07, 6.45) is 2.98. The van der Waals surface area contributed by atoms with Crippen LogP contribution in [0.2, 0.25) is 0 Å². The maximum atomic E-state index is 11.4. The molecule has 3 nitrogen and oxygen atoms in total. The number of hydrogen-bond acceptors (Lipinski definition) is 2. The van der Waals surface area contributed by atoms with E-state index in [1.807, 2.05) is 0 Å². The lowest BCUT2D eigenvalue weighted by molar-refractivity contribution is 0.516. The summed E-state index contributed by atoms with van der Waals surface area (Å²) in [5, 5.41) is -0.112. The molecule has 14 heavy (non-hydrogen) atoms. The number of nitrogens with one attached hydrogen (secondary N) is 1. The zero-order valence-electron chi connectivity index (χ0n) is 8.66. The van der Waals surface area contributed by atoms with E-state index in [0.29, 0.717) is 12.5 Å². The standard InChI is InChI=1S/C9H18ClNO2S/c1-7(2)14(12,13)11-6-8-3-4-9(10)5-8/h7-9,11H,3-6H2,1-2H3. The largest absolute Gasteiger partial charge is 0.215 e. The van der Waals surface area contributed by atoms with Crippen LogP contribution in [-0.2, 0) is 10.0 Å². The summed E-state index contributed by atoms with van der Waals surface area (Å²) in [5.74, 6) is 0.422. The van der Waals surface area contributed by atoms with Crippen molar-refractivity contribution in [1.29, 1.82) is 0 Å². The van der Waals surface area contributed by atoms with Crippen LogP contribution >= 0.6 is 11.6 Å². The first kappa shape index (κ1) is 12.3. The highest BCUT2D eigenvalue weighted by molar-refractivity contribution is 7.90. The highest BCUT2D eigenvalue weighted by atomic mass is 35.5. The molecule has 0 bridgehead atoms. The van der Waals surface area contributed by atoms with Gasteiger partial charge in [-0.2, -0.15) is 0 Å². The molecular formula is C9H18ClNO2S. The van der Waals surface area contributed by atoms with E-state index in [1.165, 1.54) is 0 Å². The number of hydrogen-bond donors (Lipinski definition) is 1. The molecule has 0 spiro atoms. The molecular weight excluding hydrogens is 222 g/mol. The molecule has 1 fully saturated rings. The Balaban J connectivity index is 2.34. The Kier molecular flexibility index (Phi) is 4.22. The fourth-order valence-corrected chi connectivity index (χ4v) is 2.78. The van der Waals surface area contributed by atoms with E-state index in [1.54, 1.807) is 13.8 Å². The first-order chi connectivity index (χ1) is 6.42. The van der Waals surface area contributed by atoms with Crippen LogP contribution in [0.4, 0.5) is 0 Å². The average molecular weight is 240 g/mol. The van der Waals surface area contributed by atoms with Crippen LogP contribution in [0, 0.1) is 5.92 Å². The minimum Gasteiger partial charge on any atom is -0.215 e. The van der Waals surface area contributed by atoms with E-state index in [2.05, 4.69) is 4.72 Å². The summed E-state index contributed by atoms with van der Waals surface area (Å²) in [6, 6.07) is 0. The molecule has 5 heteroatoms.